The van der Waals surface area contributed by atoms with E-state index in [0.717, 1.165) is 12.2 Å². The molecule has 98 valence electrons. The number of aryl methyl sites for hydroxylation is 1. The number of nitrogens with zero attached hydrogens (tertiary/aromatic N) is 2. The number of unbranched alkanes of at least 4 members (excludes halogenated alkanes) is 1. The summed E-state index contributed by atoms with van der Waals surface area (Å²) >= 11 is 5.48. The molecule has 17 heavy (non-hydrogen) atoms. The second-order valence-electron chi connectivity index (χ2n) is 3.65. The topological polar surface area (TPSA) is 87.7 Å². The Kier molecular flexibility index (Phi) is 6.46. The third-order valence-corrected chi connectivity index (χ3v) is 3.91. The molecule has 0 amide bonds. The van der Waals surface area contributed by atoms with Gasteiger partial charge in [-0.1, -0.05) is 0 Å². The molecule has 0 aliphatic rings. The van der Waals surface area contributed by atoms with E-state index < -0.39 is 10.0 Å². The van der Waals surface area contributed by atoms with Crippen LogP contribution in [0.5, 0.6) is 0 Å². The maximum absolute atomic E-state index is 11.5. The molecule has 0 fully saturated rings. The first-order chi connectivity index (χ1) is 8.14. The van der Waals surface area contributed by atoms with Crippen LogP contribution >= 0.6 is 11.6 Å². The van der Waals surface area contributed by atoms with E-state index in [2.05, 4.69) is 19.9 Å². The van der Waals surface area contributed by atoms with Crippen molar-refractivity contribution in [1.29, 1.82) is 0 Å². The second-order valence-corrected chi connectivity index (χ2v) is 5.95. The van der Waals surface area contributed by atoms with Gasteiger partial charge in [0.2, 0.25) is 10.0 Å². The van der Waals surface area contributed by atoms with Crippen molar-refractivity contribution in [3.05, 3.63) is 12.2 Å². The van der Waals surface area contributed by atoms with E-state index in [4.69, 9.17) is 11.6 Å². The van der Waals surface area contributed by atoms with Gasteiger partial charge < -0.3 is 0 Å². The van der Waals surface area contributed by atoms with Gasteiger partial charge in [0.25, 0.3) is 0 Å². The lowest BCUT2D eigenvalue weighted by molar-refractivity contribution is 0.575. The molecule has 0 aliphatic carbocycles. The number of hydrogen-bond donors (Lipinski definition) is 2. The maximum atomic E-state index is 11.5. The fraction of sp³-hybridized carbons (Fsp3) is 0.778. The molecule has 2 N–H and O–H groups in total. The molecule has 1 rings (SSSR count). The molecular formula is C9H17ClN4O2S. The lowest BCUT2D eigenvalue weighted by atomic mass is 10.3. The zero-order valence-corrected chi connectivity index (χ0v) is 11.1. The number of aromatic nitrogens is 3. The van der Waals surface area contributed by atoms with Crippen molar-refractivity contribution in [2.75, 3.05) is 18.2 Å². The highest BCUT2D eigenvalue weighted by molar-refractivity contribution is 7.89. The van der Waals surface area contributed by atoms with Gasteiger partial charge in [-0.3, -0.25) is 5.10 Å². The molecule has 0 spiro atoms. The van der Waals surface area contributed by atoms with Crippen LogP contribution in [0.4, 0.5) is 0 Å². The zero-order chi connectivity index (χ0) is 12.6. The van der Waals surface area contributed by atoms with E-state index in [9.17, 15) is 8.42 Å². The van der Waals surface area contributed by atoms with Gasteiger partial charge in [0.05, 0.1) is 5.75 Å². The molecule has 6 nitrogen and oxygen atoms in total. The number of hydrogen-bond acceptors (Lipinski definition) is 4. The molecule has 0 aliphatic heterocycles. The van der Waals surface area contributed by atoms with E-state index in [1.54, 1.807) is 0 Å². The molecule has 0 atom stereocenters. The van der Waals surface area contributed by atoms with E-state index >= 15 is 0 Å². The van der Waals surface area contributed by atoms with Gasteiger partial charge in [-0.05, 0) is 19.3 Å². The van der Waals surface area contributed by atoms with Crippen LogP contribution in [0.2, 0.25) is 0 Å². The molecule has 1 aromatic rings. The normalized spacial score (nSPS) is 11.8. The third kappa shape index (κ3) is 6.60. The molecule has 0 saturated heterocycles. The summed E-state index contributed by atoms with van der Waals surface area (Å²) in [5, 5.41) is 6.44. The Morgan fingerprint density at radius 1 is 1.35 bits per heavy atom. The smallest absolute Gasteiger partial charge is 0.211 e. The molecule has 1 heterocycles. The van der Waals surface area contributed by atoms with Crippen LogP contribution in [-0.4, -0.2) is 41.8 Å². The zero-order valence-electron chi connectivity index (χ0n) is 9.52. The largest absolute Gasteiger partial charge is 0.263 e. The van der Waals surface area contributed by atoms with E-state index in [1.165, 1.54) is 6.33 Å². The summed E-state index contributed by atoms with van der Waals surface area (Å²) in [6.45, 7) is 0.421. The number of nitrogens with one attached hydrogen (secondary N) is 2. The fourth-order valence-electron chi connectivity index (χ4n) is 1.29. The van der Waals surface area contributed by atoms with Crippen molar-refractivity contribution >= 4 is 21.6 Å². The first kappa shape index (κ1) is 14.4. The minimum Gasteiger partial charge on any atom is -0.263 e. The summed E-state index contributed by atoms with van der Waals surface area (Å²) < 4.78 is 25.5. The Morgan fingerprint density at radius 2 is 2.18 bits per heavy atom. The predicted octanol–water partition coefficient (Wildman–Crippen LogP) is 0.676. The number of rotatable bonds is 9. The van der Waals surface area contributed by atoms with E-state index in [-0.39, 0.29) is 5.75 Å². The van der Waals surface area contributed by atoms with Crippen LogP contribution in [-0.2, 0) is 16.4 Å². The highest BCUT2D eigenvalue weighted by Crippen LogP contribution is 1.97. The van der Waals surface area contributed by atoms with E-state index in [0.29, 0.717) is 31.7 Å². The second kappa shape index (κ2) is 7.62. The van der Waals surface area contributed by atoms with Gasteiger partial charge >= 0.3 is 0 Å². The summed E-state index contributed by atoms with van der Waals surface area (Å²) in [6, 6.07) is 0. The number of aromatic amines is 1. The Balaban J connectivity index is 2.12. The van der Waals surface area contributed by atoms with Gasteiger partial charge in [-0.15, -0.1) is 11.6 Å². The van der Waals surface area contributed by atoms with Crippen LogP contribution in [0.1, 0.15) is 25.1 Å². The number of sulfonamides is 1. The molecule has 0 bridgehead atoms. The summed E-state index contributed by atoms with van der Waals surface area (Å²) in [4.78, 5) is 3.95. The Hall–Kier alpha value is -0.660. The monoisotopic (exact) mass is 280 g/mol. The Labute approximate surface area is 106 Å². The summed E-state index contributed by atoms with van der Waals surface area (Å²) in [6.07, 6.45) is 4.14. The molecule has 1 aromatic heterocycles. The number of alkyl halides is 1. The van der Waals surface area contributed by atoms with E-state index in [1.807, 2.05) is 0 Å². The van der Waals surface area contributed by atoms with Gasteiger partial charge in [-0.25, -0.2) is 18.1 Å². The lowest BCUT2D eigenvalue weighted by Crippen LogP contribution is -2.27. The van der Waals surface area contributed by atoms with Crippen LogP contribution in [0.3, 0.4) is 0 Å². The van der Waals surface area contributed by atoms with Gasteiger partial charge in [0.15, 0.2) is 0 Å². The molecule has 0 aromatic carbocycles. The number of halogens is 1. The van der Waals surface area contributed by atoms with Crippen molar-refractivity contribution in [2.45, 2.75) is 25.7 Å². The van der Waals surface area contributed by atoms with Crippen molar-refractivity contribution < 1.29 is 8.42 Å². The fourth-order valence-corrected chi connectivity index (χ4v) is 2.67. The van der Waals surface area contributed by atoms with Crippen molar-refractivity contribution in [3.63, 3.8) is 0 Å². The predicted molar refractivity (Wildman–Crippen MR) is 66.4 cm³/mol. The summed E-state index contributed by atoms with van der Waals surface area (Å²) in [5.74, 6) is 1.41. The third-order valence-electron chi connectivity index (χ3n) is 2.17. The van der Waals surface area contributed by atoms with Gasteiger partial charge in [0, 0.05) is 18.8 Å². The summed E-state index contributed by atoms with van der Waals surface area (Å²) in [7, 11) is -3.15. The van der Waals surface area contributed by atoms with Crippen molar-refractivity contribution in [3.8, 4) is 0 Å². The molecule has 8 heteroatoms. The van der Waals surface area contributed by atoms with Crippen LogP contribution in [0.15, 0.2) is 6.33 Å². The minimum atomic E-state index is -3.15. The quantitative estimate of drug-likeness (QED) is 0.514. The molecular weight excluding hydrogens is 264 g/mol. The van der Waals surface area contributed by atoms with Crippen LogP contribution in [0, 0.1) is 0 Å². The SMILES string of the molecule is O=S(=O)(CCCCCl)NCCCc1ncn[nH]1. The summed E-state index contributed by atoms with van der Waals surface area (Å²) in [5.41, 5.74) is 0. The average molecular weight is 281 g/mol. The number of H-pyrrole nitrogens is 1. The standard InChI is InChI=1S/C9H17ClN4O2S/c10-5-1-2-7-17(15,16)13-6-3-4-9-11-8-12-14-9/h8,13H,1-7H2,(H,11,12,14). The Morgan fingerprint density at radius 3 is 2.82 bits per heavy atom. The highest BCUT2D eigenvalue weighted by atomic mass is 35.5. The first-order valence-electron chi connectivity index (χ1n) is 5.51. The van der Waals surface area contributed by atoms with Crippen molar-refractivity contribution in [2.24, 2.45) is 0 Å². The van der Waals surface area contributed by atoms with Crippen LogP contribution in [0.25, 0.3) is 0 Å². The van der Waals surface area contributed by atoms with Gasteiger partial charge in [-0.2, -0.15) is 5.10 Å². The maximum Gasteiger partial charge on any atom is 0.211 e. The average Bonchev–Trinajstić information content (AvgIpc) is 2.77. The minimum absolute atomic E-state index is 0.141. The molecule has 0 saturated carbocycles. The highest BCUT2D eigenvalue weighted by Gasteiger charge is 2.08. The van der Waals surface area contributed by atoms with Gasteiger partial charge in [0.1, 0.15) is 12.2 Å². The van der Waals surface area contributed by atoms with Crippen molar-refractivity contribution in [1.82, 2.24) is 19.9 Å². The van der Waals surface area contributed by atoms with Crippen LogP contribution < -0.4 is 4.72 Å². The Bertz CT molecular complexity index is 393. The lowest BCUT2D eigenvalue weighted by Gasteiger charge is -2.05. The first-order valence-corrected chi connectivity index (χ1v) is 7.70. The molecule has 0 unspecified atom stereocenters. The molecule has 0 radical (unpaired) electrons.